The molecule has 2 amide bonds. The van der Waals surface area contributed by atoms with Crippen LogP contribution in [0.25, 0.3) is 0 Å². The number of aromatic nitrogens is 1. The minimum atomic E-state index is -0.111. The van der Waals surface area contributed by atoms with Gasteiger partial charge in [0.05, 0.1) is 5.69 Å². The van der Waals surface area contributed by atoms with Crippen LogP contribution in [0.15, 0.2) is 24.3 Å². The van der Waals surface area contributed by atoms with Gasteiger partial charge in [-0.25, -0.2) is 9.78 Å². The van der Waals surface area contributed by atoms with E-state index in [4.69, 9.17) is 0 Å². The fraction of sp³-hybridized carbons (Fsp3) is 0.450. The summed E-state index contributed by atoms with van der Waals surface area (Å²) in [4.78, 5) is 32.0. The molecule has 0 radical (unpaired) electrons. The smallest absolute Gasteiger partial charge is 0.318 e. The van der Waals surface area contributed by atoms with E-state index in [2.05, 4.69) is 41.5 Å². The van der Waals surface area contributed by atoms with Gasteiger partial charge in [-0.1, -0.05) is 29.8 Å². The summed E-state index contributed by atoms with van der Waals surface area (Å²) in [6, 6.07) is 8.51. The molecule has 1 aromatic carbocycles. The maximum atomic E-state index is 12.7. The second-order valence-electron chi connectivity index (χ2n) is 7.36. The fourth-order valence-corrected chi connectivity index (χ4v) is 4.98. The SMILES string of the molecule is Cc1ccc(Cc2sc(NC(=O)N3C4CCC3CC(=O)C4)nc2C)cc1. The Morgan fingerprint density at radius 3 is 2.50 bits per heavy atom. The standard InChI is InChI=1S/C20H23N3O2S/c1-12-3-5-14(6-4-12)9-18-13(2)21-19(26-18)22-20(25)23-15-7-8-16(23)11-17(24)10-15/h3-6,15-16H,7-11H2,1-2H3,(H,21,22,25). The van der Waals surface area contributed by atoms with E-state index in [0.717, 1.165) is 25.0 Å². The van der Waals surface area contributed by atoms with Gasteiger partial charge in [-0.15, -0.1) is 11.3 Å². The second-order valence-corrected chi connectivity index (χ2v) is 8.44. The van der Waals surface area contributed by atoms with Crippen molar-refractivity contribution >= 4 is 28.3 Å². The Balaban J connectivity index is 1.45. The number of amides is 2. The van der Waals surface area contributed by atoms with Gasteiger partial charge in [0.25, 0.3) is 0 Å². The number of nitrogens with zero attached hydrogens (tertiary/aromatic N) is 2. The molecule has 6 heteroatoms. The Morgan fingerprint density at radius 1 is 1.19 bits per heavy atom. The second kappa shape index (κ2) is 6.83. The topological polar surface area (TPSA) is 62.3 Å². The van der Waals surface area contributed by atoms with E-state index in [1.54, 1.807) is 0 Å². The maximum Gasteiger partial charge on any atom is 0.324 e. The van der Waals surface area contributed by atoms with Crippen molar-refractivity contribution in [1.82, 2.24) is 9.88 Å². The van der Waals surface area contributed by atoms with E-state index >= 15 is 0 Å². The van der Waals surface area contributed by atoms with Crippen LogP contribution in [-0.2, 0) is 11.2 Å². The number of carbonyl (C=O) groups is 2. The number of rotatable bonds is 3. The summed E-state index contributed by atoms with van der Waals surface area (Å²) >= 11 is 1.54. The minimum absolute atomic E-state index is 0.0642. The molecule has 2 fully saturated rings. The first-order valence-electron chi connectivity index (χ1n) is 9.12. The highest BCUT2D eigenvalue weighted by Gasteiger charge is 2.42. The van der Waals surface area contributed by atoms with Gasteiger partial charge >= 0.3 is 6.03 Å². The van der Waals surface area contributed by atoms with Crippen molar-refractivity contribution in [3.63, 3.8) is 0 Å². The first-order valence-corrected chi connectivity index (χ1v) is 9.94. The van der Waals surface area contributed by atoms with Crippen LogP contribution >= 0.6 is 11.3 Å². The van der Waals surface area contributed by atoms with Gasteiger partial charge in [-0.2, -0.15) is 0 Å². The zero-order chi connectivity index (χ0) is 18.3. The molecule has 5 nitrogen and oxygen atoms in total. The van der Waals surface area contributed by atoms with Crippen LogP contribution in [0.1, 0.15) is 47.4 Å². The predicted molar refractivity (Wildman–Crippen MR) is 103 cm³/mol. The van der Waals surface area contributed by atoms with E-state index in [1.807, 2.05) is 11.8 Å². The van der Waals surface area contributed by atoms with Crippen molar-refractivity contribution in [3.05, 3.63) is 46.0 Å². The van der Waals surface area contributed by atoms with Crippen LogP contribution in [0, 0.1) is 13.8 Å². The zero-order valence-electron chi connectivity index (χ0n) is 15.1. The van der Waals surface area contributed by atoms with Crippen molar-refractivity contribution in [2.45, 2.75) is 58.0 Å². The number of aryl methyl sites for hydroxylation is 2. The van der Waals surface area contributed by atoms with Gasteiger partial charge in [0.2, 0.25) is 0 Å². The molecule has 1 N–H and O–H groups in total. The number of anilines is 1. The van der Waals surface area contributed by atoms with Crippen LogP contribution in [0.4, 0.5) is 9.93 Å². The van der Waals surface area contributed by atoms with E-state index in [-0.39, 0.29) is 23.9 Å². The Labute approximate surface area is 157 Å². The number of fused-ring (bicyclic) bond motifs is 2. The lowest BCUT2D eigenvalue weighted by Gasteiger charge is -2.33. The van der Waals surface area contributed by atoms with Crippen molar-refractivity contribution in [1.29, 1.82) is 0 Å². The van der Waals surface area contributed by atoms with Gasteiger partial charge in [-0.3, -0.25) is 10.1 Å². The molecule has 2 aliphatic rings. The number of carbonyl (C=O) groups excluding carboxylic acids is 2. The van der Waals surface area contributed by atoms with Crippen molar-refractivity contribution < 1.29 is 9.59 Å². The van der Waals surface area contributed by atoms with Gasteiger partial charge in [-0.05, 0) is 32.3 Å². The summed E-state index contributed by atoms with van der Waals surface area (Å²) in [6.07, 6.45) is 3.68. The molecule has 3 heterocycles. The molecule has 1 aromatic heterocycles. The highest BCUT2D eigenvalue weighted by molar-refractivity contribution is 7.15. The number of thiazole rings is 1. The third-order valence-electron chi connectivity index (χ3n) is 5.37. The number of Topliss-reactive ketones (excluding diaryl/α,β-unsaturated/α-hetero) is 1. The molecule has 4 rings (SSSR count). The molecular weight excluding hydrogens is 346 g/mol. The Kier molecular flexibility index (Phi) is 4.53. The monoisotopic (exact) mass is 369 g/mol. The Hall–Kier alpha value is -2.21. The summed E-state index contributed by atoms with van der Waals surface area (Å²) in [7, 11) is 0. The summed E-state index contributed by atoms with van der Waals surface area (Å²) < 4.78 is 0. The molecule has 2 bridgehead atoms. The quantitative estimate of drug-likeness (QED) is 0.887. The zero-order valence-corrected chi connectivity index (χ0v) is 15.9. The van der Waals surface area contributed by atoms with Crippen LogP contribution in [0.5, 0.6) is 0 Å². The summed E-state index contributed by atoms with van der Waals surface area (Å²) in [6.45, 7) is 4.07. The summed E-state index contributed by atoms with van der Waals surface area (Å²) in [5.74, 6) is 0.284. The predicted octanol–water partition coefficient (Wildman–Crippen LogP) is 4.08. The van der Waals surface area contributed by atoms with Gasteiger partial charge in [0.15, 0.2) is 5.13 Å². The average molecular weight is 369 g/mol. The summed E-state index contributed by atoms with van der Waals surface area (Å²) in [5.41, 5.74) is 3.45. The lowest BCUT2D eigenvalue weighted by atomic mass is 10.0. The third kappa shape index (κ3) is 3.38. The largest absolute Gasteiger partial charge is 0.324 e. The molecule has 136 valence electrons. The third-order valence-corrected chi connectivity index (χ3v) is 6.45. The normalized spacial score (nSPS) is 21.9. The van der Waals surface area contributed by atoms with Crippen molar-refractivity contribution in [3.8, 4) is 0 Å². The molecule has 2 atom stereocenters. The highest BCUT2D eigenvalue weighted by atomic mass is 32.1. The number of hydrogen-bond donors (Lipinski definition) is 1. The van der Waals surface area contributed by atoms with Crippen molar-refractivity contribution in [2.75, 3.05) is 5.32 Å². The summed E-state index contributed by atoms with van der Waals surface area (Å²) in [5, 5.41) is 3.61. The maximum absolute atomic E-state index is 12.7. The number of urea groups is 1. The number of piperidine rings is 1. The number of benzene rings is 1. The van der Waals surface area contributed by atoms with Crippen LogP contribution < -0.4 is 5.32 Å². The molecule has 2 unspecified atom stereocenters. The molecule has 2 saturated heterocycles. The molecule has 26 heavy (non-hydrogen) atoms. The first-order chi connectivity index (χ1) is 12.5. The lowest BCUT2D eigenvalue weighted by molar-refractivity contribution is -0.122. The van der Waals surface area contributed by atoms with E-state index in [1.165, 1.54) is 27.3 Å². The molecule has 0 spiro atoms. The van der Waals surface area contributed by atoms with Crippen molar-refractivity contribution in [2.24, 2.45) is 0 Å². The molecule has 2 aliphatic heterocycles. The highest BCUT2D eigenvalue weighted by Crippen LogP contribution is 2.35. The number of ketones is 1. The Morgan fingerprint density at radius 2 is 1.85 bits per heavy atom. The number of hydrogen-bond acceptors (Lipinski definition) is 4. The van der Waals surface area contributed by atoms with Gasteiger partial charge in [0, 0.05) is 36.2 Å². The van der Waals surface area contributed by atoms with E-state index in [9.17, 15) is 9.59 Å². The average Bonchev–Trinajstić information content (AvgIpc) is 3.07. The molecule has 2 aromatic rings. The van der Waals surface area contributed by atoms with Crippen LogP contribution in [0.3, 0.4) is 0 Å². The first kappa shape index (κ1) is 17.2. The van der Waals surface area contributed by atoms with Gasteiger partial charge in [0.1, 0.15) is 5.78 Å². The Bertz CT molecular complexity index is 827. The fourth-order valence-electron chi connectivity index (χ4n) is 4.00. The van der Waals surface area contributed by atoms with Crippen LogP contribution in [-0.4, -0.2) is 33.8 Å². The molecule has 0 saturated carbocycles. The lowest BCUT2D eigenvalue weighted by Crippen LogP contribution is -2.48. The van der Waals surface area contributed by atoms with Gasteiger partial charge < -0.3 is 4.90 Å². The molecule has 0 aliphatic carbocycles. The van der Waals surface area contributed by atoms with Crippen LogP contribution in [0.2, 0.25) is 0 Å². The number of nitrogens with one attached hydrogen (secondary N) is 1. The minimum Gasteiger partial charge on any atom is -0.318 e. The molecular formula is C20H23N3O2S. The van der Waals surface area contributed by atoms with E-state index in [0.29, 0.717) is 18.0 Å². The van der Waals surface area contributed by atoms with E-state index < -0.39 is 0 Å².